The molecule has 128 valence electrons. The molecule has 0 radical (unpaired) electrons. The van der Waals surface area contributed by atoms with Crippen LogP contribution in [0.4, 0.5) is 0 Å². The summed E-state index contributed by atoms with van der Waals surface area (Å²) in [5.41, 5.74) is 1.66. The topological polar surface area (TPSA) is 30.2 Å². The van der Waals surface area contributed by atoms with Gasteiger partial charge in [0.25, 0.3) is 0 Å². The monoisotopic (exact) mass is 360 g/mol. The summed E-state index contributed by atoms with van der Waals surface area (Å²) >= 11 is 1.80. The molecule has 3 nitrogen and oxygen atoms in total. The number of nitrogens with zero attached hydrogens (tertiary/aromatic N) is 1. The number of ether oxygens (including phenoxy) is 1. The lowest BCUT2D eigenvalue weighted by Gasteiger charge is -2.09. The largest absolute Gasteiger partial charge is 0.433 e. The van der Waals surface area contributed by atoms with Gasteiger partial charge in [-0.3, -0.25) is 4.79 Å². The molecular formula is C22H18NO2S+. The average molecular weight is 360 g/mol. The number of allylic oxidation sites excluding steroid dienone is 1. The third-order valence-corrected chi connectivity index (χ3v) is 5.27. The molecule has 4 heteroatoms. The van der Waals surface area contributed by atoms with Crippen LogP contribution in [0.15, 0.2) is 90.1 Å². The standard InChI is InChI=1S/C22H18NO2S/c24-20(18-6-2-1-3-7-18)14-11-17-9-12-19(13-10-17)25-21-16-26-22-8-4-5-15-23(21)22/h1-15,21H,16H2/q+1/b14-11+. The lowest BCUT2D eigenvalue weighted by atomic mass is 10.1. The van der Waals surface area contributed by atoms with Crippen LogP contribution in [0.25, 0.3) is 6.08 Å². The van der Waals surface area contributed by atoms with Crippen LogP contribution in [0.1, 0.15) is 22.1 Å². The van der Waals surface area contributed by atoms with Gasteiger partial charge in [0.1, 0.15) is 11.5 Å². The highest BCUT2D eigenvalue weighted by Gasteiger charge is 2.32. The van der Waals surface area contributed by atoms with E-state index in [-0.39, 0.29) is 12.0 Å². The number of pyridine rings is 1. The van der Waals surface area contributed by atoms with E-state index in [1.165, 1.54) is 5.03 Å². The van der Waals surface area contributed by atoms with Crippen LogP contribution >= 0.6 is 11.8 Å². The molecule has 0 saturated heterocycles. The molecule has 2 aromatic carbocycles. The van der Waals surface area contributed by atoms with Gasteiger partial charge >= 0.3 is 6.23 Å². The smallest absolute Gasteiger partial charge is 0.312 e. The van der Waals surface area contributed by atoms with Crippen molar-refractivity contribution in [2.24, 2.45) is 0 Å². The minimum Gasteiger partial charge on any atom is -0.433 e. The van der Waals surface area contributed by atoms with Crippen LogP contribution in [0.5, 0.6) is 5.75 Å². The van der Waals surface area contributed by atoms with Gasteiger partial charge in [-0.1, -0.05) is 48.5 Å². The Balaban J connectivity index is 1.41. The Morgan fingerprint density at radius 1 is 1.00 bits per heavy atom. The van der Waals surface area contributed by atoms with Crippen LogP contribution in [-0.2, 0) is 0 Å². The number of hydrogen-bond donors (Lipinski definition) is 0. The quantitative estimate of drug-likeness (QED) is 0.380. The summed E-state index contributed by atoms with van der Waals surface area (Å²) in [6, 6.07) is 23.2. The first-order valence-corrected chi connectivity index (χ1v) is 9.45. The molecule has 0 spiro atoms. The average Bonchev–Trinajstić information content (AvgIpc) is 3.11. The lowest BCUT2D eigenvalue weighted by Crippen LogP contribution is -2.41. The van der Waals surface area contributed by atoms with E-state index >= 15 is 0 Å². The Bertz CT molecular complexity index is 936. The molecule has 2 heterocycles. The zero-order valence-corrected chi connectivity index (χ0v) is 14.9. The third-order valence-electron chi connectivity index (χ3n) is 4.17. The number of carbonyl (C=O) groups excluding carboxylic acids is 1. The van der Waals surface area contributed by atoms with Gasteiger partial charge in [0.05, 0.1) is 0 Å². The van der Waals surface area contributed by atoms with Gasteiger partial charge in [-0.2, -0.15) is 4.57 Å². The number of rotatable bonds is 5. The number of fused-ring (bicyclic) bond motifs is 1. The van der Waals surface area contributed by atoms with Gasteiger partial charge in [0, 0.05) is 17.7 Å². The zero-order valence-electron chi connectivity index (χ0n) is 14.1. The highest BCUT2D eigenvalue weighted by Crippen LogP contribution is 2.27. The van der Waals surface area contributed by atoms with Crippen molar-refractivity contribution in [3.8, 4) is 5.75 Å². The molecular weight excluding hydrogens is 342 g/mol. The predicted octanol–water partition coefficient (Wildman–Crippen LogP) is 4.55. The Morgan fingerprint density at radius 2 is 1.77 bits per heavy atom. The maximum Gasteiger partial charge on any atom is 0.312 e. The first-order chi connectivity index (χ1) is 12.8. The van der Waals surface area contributed by atoms with Gasteiger partial charge in [0.15, 0.2) is 12.0 Å². The van der Waals surface area contributed by atoms with Crippen molar-refractivity contribution in [1.82, 2.24) is 0 Å². The number of ketones is 1. The molecule has 1 aromatic heterocycles. The first kappa shape index (κ1) is 16.6. The molecule has 0 amide bonds. The highest BCUT2D eigenvalue weighted by atomic mass is 32.2. The zero-order chi connectivity index (χ0) is 17.8. The molecule has 0 bridgehead atoms. The summed E-state index contributed by atoms with van der Waals surface area (Å²) < 4.78 is 8.25. The third kappa shape index (κ3) is 3.70. The second kappa shape index (κ2) is 7.58. The molecule has 1 aliphatic rings. The Hall–Kier alpha value is -2.85. The molecule has 1 unspecified atom stereocenters. The summed E-state index contributed by atoms with van der Waals surface area (Å²) in [5.74, 6) is 1.73. The Morgan fingerprint density at radius 3 is 2.58 bits per heavy atom. The van der Waals surface area contributed by atoms with Gasteiger partial charge < -0.3 is 4.74 Å². The number of thioether (sulfide) groups is 1. The van der Waals surface area contributed by atoms with Crippen molar-refractivity contribution in [1.29, 1.82) is 0 Å². The fraction of sp³-hybridized carbons (Fsp3) is 0.0909. The molecule has 0 fully saturated rings. The molecule has 0 aliphatic carbocycles. The molecule has 1 atom stereocenters. The second-order valence-electron chi connectivity index (χ2n) is 5.96. The molecule has 4 rings (SSSR count). The van der Waals surface area contributed by atoms with E-state index in [1.54, 1.807) is 17.8 Å². The fourth-order valence-electron chi connectivity index (χ4n) is 2.81. The van der Waals surface area contributed by atoms with Crippen molar-refractivity contribution in [3.05, 3.63) is 96.2 Å². The van der Waals surface area contributed by atoms with Crippen LogP contribution < -0.4 is 9.30 Å². The van der Waals surface area contributed by atoms with Crippen molar-refractivity contribution in [2.45, 2.75) is 11.3 Å². The van der Waals surface area contributed by atoms with E-state index in [1.807, 2.05) is 79.0 Å². The number of aromatic nitrogens is 1. The van der Waals surface area contributed by atoms with E-state index in [2.05, 4.69) is 10.6 Å². The summed E-state index contributed by atoms with van der Waals surface area (Å²) in [7, 11) is 0. The summed E-state index contributed by atoms with van der Waals surface area (Å²) in [6.45, 7) is 0. The predicted molar refractivity (Wildman–Crippen MR) is 103 cm³/mol. The Kier molecular flexibility index (Phi) is 4.84. The second-order valence-corrected chi connectivity index (χ2v) is 7.00. The fourth-order valence-corrected chi connectivity index (χ4v) is 3.86. The van der Waals surface area contributed by atoms with Crippen molar-refractivity contribution in [2.75, 3.05) is 5.75 Å². The maximum atomic E-state index is 12.1. The summed E-state index contributed by atoms with van der Waals surface area (Å²) in [6.07, 6.45) is 5.49. The van der Waals surface area contributed by atoms with Crippen molar-refractivity contribution >= 4 is 23.6 Å². The van der Waals surface area contributed by atoms with Crippen LogP contribution in [0.2, 0.25) is 0 Å². The molecule has 0 N–H and O–H groups in total. The number of benzene rings is 2. The van der Waals surface area contributed by atoms with Crippen LogP contribution in [0.3, 0.4) is 0 Å². The molecule has 1 aliphatic heterocycles. The van der Waals surface area contributed by atoms with E-state index < -0.39 is 0 Å². The highest BCUT2D eigenvalue weighted by molar-refractivity contribution is 7.99. The maximum absolute atomic E-state index is 12.1. The molecule has 26 heavy (non-hydrogen) atoms. The van der Waals surface area contributed by atoms with E-state index in [0.717, 1.165) is 17.1 Å². The van der Waals surface area contributed by atoms with Gasteiger partial charge in [-0.25, -0.2) is 0 Å². The van der Waals surface area contributed by atoms with E-state index in [9.17, 15) is 4.79 Å². The van der Waals surface area contributed by atoms with Crippen molar-refractivity contribution < 1.29 is 14.1 Å². The van der Waals surface area contributed by atoms with Gasteiger partial charge in [-0.05, 0) is 41.6 Å². The van der Waals surface area contributed by atoms with Gasteiger partial charge in [-0.15, -0.1) is 0 Å². The van der Waals surface area contributed by atoms with Crippen LogP contribution in [-0.4, -0.2) is 11.5 Å². The lowest BCUT2D eigenvalue weighted by molar-refractivity contribution is -0.775. The number of hydrogen-bond acceptors (Lipinski definition) is 3. The minimum absolute atomic E-state index is 0.00177. The minimum atomic E-state index is 0.00177. The van der Waals surface area contributed by atoms with Gasteiger partial charge in [0.2, 0.25) is 5.03 Å². The van der Waals surface area contributed by atoms with Crippen LogP contribution in [0, 0.1) is 0 Å². The molecule has 3 aromatic rings. The van der Waals surface area contributed by atoms with E-state index in [4.69, 9.17) is 4.74 Å². The normalized spacial score (nSPS) is 15.8. The van der Waals surface area contributed by atoms with E-state index in [0.29, 0.717) is 5.56 Å². The molecule has 0 saturated carbocycles. The summed E-state index contributed by atoms with van der Waals surface area (Å²) in [5, 5.41) is 1.22. The van der Waals surface area contributed by atoms with Crippen molar-refractivity contribution in [3.63, 3.8) is 0 Å². The SMILES string of the molecule is O=C(/C=C/c1ccc(OC2CSc3cccc[n+]32)cc1)c1ccccc1. The first-order valence-electron chi connectivity index (χ1n) is 8.47. The Labute approximate surface area is 157 Å². The number of carbonyl (C=O) groups is 1. The summed E-state index contributed by atoms with van der Waals surface area (Å²) in [4.78, 5) is 12.1.